The van der Waals surface area contributed by atoms with Crippen molar-refractivity contribution < 1.29 is 15.0 Å². The molecule has 122 valence electrons. The molecule has 3 N–H and O–H groups in total. The molecule has 1 aromatic rings. The second-order valence-electron chi connectivity index (χ2n) is 6.05. The Bertz CT molecular complexity index is 464. The Hall–Kier alpha value is -1.59. The standard InChI is InChI=1S/C17H26N2O3/c1-13(21)10-15(14-6-3-2-4-7-14)11-18-17(22)19-9-5-8-16(19)12-20/h2-4,6-7,13,15-16,20-21H,5,8-12H2,1H3,(H,18,22)/t13-,15+,16-/m1/s1. The molecule has 0 bridgehead atoms. The zero-order valence-electron chi connectivity index (χ0n) is 13.1. The fraction of sp³-hybridized carbons (Fsp3) is 0.588. The van der Waals surface area contributed by atoms with Crippen LogP contribution in [0.3, 0.4) is 0 Å². The van der Waals surface area contributed by atoms with Crippen LogP contribution in [-0.4, -0.2) is 53.0 Å². The number of carbonyl (C=O) groups is 1. The fourth-order valence-corrected chi connectivity index (χ4v) is 3.08. The molecule has 0 saturated carbocycles. The number of aliphatic hydroxyl groups excluding tert-OH is 2. The number of benzene rings is 1. The molecular weight excluding hydrogens is 280 g/mol. The van der Waals surface area contributed by atoms with Gasteiger partial charge in [-0.3, -0.25) is 0 Å². The molecule has 0 spiro atoms. The number of hydrogen-bond donors (Lipinski definition) is 3. The molecule has 1 aromatic carbocycles. The molecule has 0 aliphatic carbocycles. The Morgan fingerprint density at radius 1 is 1.41 bits per heavy atom. The van der Waals surface area contributed by atoms with Crippen LogP contribution in [0.1, 0.15) is 37.7 Å². The summed E-state index contributed by atoms with van der Waals surface area (Å²) >= 11 is 0. The molecule has 0 radical (unpaired) electrons. The summed E-state index contributed by atoms with van der Waals surface area (Å²) in [7, 11) is 0. The van der Waals surface area contributed by atoms with Gasteiger partial charge in [-0.2, -0.15) is 0 Å². The maximum atomic E-state index is 12.3. The van der Waals surface area contributed by atoms with E-state index in [2.05, 4.69) is 5.32 Å². The Morgan fingerprint density at radius 3 is 2.77 bits per heavy atom. The van der Waals surface area contributed by atoms with Crippen molar-refractivity contribution >= 4 is 6.03 Å². The Morgan fingerprint density at radius 2 is 2.14 bits per heavy atom. The first kappa shape index (κ1) is 16.8. The van der Waals surface area contributed by atoms with Crippen molar-refractivity contribution in [2.45, 2.75) is 44.2 Å². The molecule has 5 heteroatoms. The van der Waals surface area contributed by atoms with Crippen LogP contribution in [0.15, 0.2) is 30.3 Å². The summed E-state index contributed by atoms with van der Waals surface area (Å²) in [5.74, 6) is 0.0836. The highest BCUT2D eigenvalue weighted by Crippen LogP contribution is 2.21. The molecular formula is C17H26N2O3. The molecule has 2 rings (SSSR count). The number of rotatable bonds is 6. The van der Waals surface area contributed by atoms with Gasteiger partial charge in [-0.05, 0) is 31.7 Å². The third-order valence-corrected chi connectivity index (χ3v) is 4.25. The van der Waals surface area contributed by atoms with Gasteiger partial charge in [0.1, 0.15) is 0 Å². The quantitative estimate of drug-likeness (QED) is 0.749. The smallest absolute Gasteiger partial charge is 0.317 e. The van der Waals surface area contributed by atoms with E-state index < -0.39 is 6.10 Å². The van der Waals surface area contributed by atoms with Crippen LogP contribution < -0.4 is 5.32 Å². The van der Waals surface area contributed by atoms with E-state index in [1.165, 1.54) is 0 Å². The van der Waals surface area contributed by atoms with Crippen molar-refractivity contribution in [3.63, 3.8) is 0 Å². The monoisotopic (exact) mass is 306 g/mol. The van der Waals surface area contributed by atoms with Crippen LogP contribution >= 0.6 is 0 Å². The molecule has 1 fully saturated rings. The summed E-state index contributed by atoms with van der Waals surface area (Å²) in [6, 6.07) is 9.74. The highest BCUT2D eigenvalue weighted by molar-refractivity contribution is 5.75. The van der Waals surface area contributed by atoms with Gasteiger partial charge in [0, 0.05) is 19.0 Å². The molecule has 1 aliphatic heterocycles. The average molecular weight is 306 g/mol. The maximum absolute atomic E-state index is 12.3. The maximum Gasteiger partial charge on any atom is 0.317 e. The molecule has 2 amide bonds. The van der Waals surface area contributed by atoms with Crippen molar-refractivity contribution in [1.82, 2.24) is 10.2 Å². The van der Waals surface area contributed by atoms with E-state index in [4.69, 9.17) is 0 Å². The Kier molecular flexibility index (Phi) is 6.21. The van der Waals surface area contributed by atoms with Gasteiger partial charge in [-0.15, -0.1) is 0 Å². The van der Waals surface area contributed by atoms with E-state index in [0.29, 0.717) is 19.5 Å². The van der Waals surface area contributed by atoms with Gasteiger partial charge in [-0.1, -0.05) is 30.3 Å². The zero-order valence-corrected chi connectivity index (χ0v) is 13.1. The third-order valence-electron chi connectivity index (χ3n) is 4.25. The molecule has 22 heavy (non-hydrogen) atoms. The van der Waals surface area contributed by atoms with E-state index >= 15 is 0 Å². The number of amides is 2. The van der Waals surface area contributed by atoms with Crippen LogP contribution in [0.4, 0.5) is 4.79 Å². The number of urea groups is 1. The predicted molar refractivity (Wildman–Crippen MR) is 85.7 cm³/mol. The third kappa shape index (κ3) is 4.45. The van der Waals surface area contributed by atoms with Crippen LogP contribution in [0, 0.1) is 0 Å². The van der Waals surface area contributed by atoms with E-state index in [0.717, 1.165) is 18.4 Å². The van der Waals surface area contributed by atoms with Crippen molar-refractivity contribution in [3.8, 4) is 0 Å². The number of aliphatic hydroxyl groups is 2. The lowest BCUT2D eigenvalue weighted by Gasteiger charge is -2.25. The second-order valence-corrected chi connectivity index (χ2v) is 6.05. The first-order valence-electron chi connectivity index (χ1n) is 8.00. The Balaban J connectivity index is 1.95. The van der Waals surface area contributed by atoms with E-state index in [9.17, 15) is 15.0 Å². The lowest BCUT2D eigenvalue weighted by Crippen LogP contribution is -2.45. The highest BCUT2D eigenvalue weighted by atomic mass is 16.3. The average Bonchev–Trinajstić information content (AvgIpc) is 3.00. The first-order chi connectivity index (χ1) is 10.6. The summed E-state index contributed by atoms with van der Waals surface area (Å²) in [4.78, 5) is 14.0. The van der Waals surface area contributed by atoms with Crippen molar-refractivity contribution in [1.29, 1.82) is 0 Å². The van der Waals surface area contributed by atoms with Gasteiger partial charge in [0.05, 0.1) is 18.8 Å². The number of nitrogens with one attached hydrogen (secondary N) is 1. The summed E-state index contributed by atoms with van der Waals surface area (Å²) in [5, 5.41) is 21.9. The van der Waals surface area contributed by atoms with Gasteiger partial charge >= 0.3 is 6.03 Å². The molecule has 1 saturated heterocycles. The van der Waals surface area contributed by atoms with Crippen LogP contribution in [0.2, 0.25) is 0 Å². The highest BCUT2D eigenvalue weighted by Gasteiger charge is 2.28. The lowest BCUT2D eigenvalue weighted by molar-refractivity contribution is 0.153. The summed E-state index contributed by atoms with van der Waals surface area (Å²) in [6.07, 6.45) is 1.99. The largest absolute Gasteiger partial charge is 0.394 e. The molecule has 0 unspecified atom stereocenters. The first-order valence-corrected chi connectivity index (χ1v) is 8.00. The number of carbonyl (C=O) groups excluding carboxylic acids is 1. The van der Waals surface area contributed by atoms with E-state index in [1.54, 1.807) is 11.8 Å². The Labute approximate surface area is 131 Å². The van der Waals surface area contributed by atoms with Crippen molar-refractivity contribution in [3.05, 3.63) is 35.9 Å². The summed E-state index contributed by atoms with van der Waals surface area (Å²) in [6.45, 7) is 2.97. The fourth-order valence-electron chi connectivity index (χ4n) is 3.08. The number of hydrogen-bond acceptors (Lipinski definition) is 3. The topological polar surface area (TPSA) is 72.8 Å². The van der Waals surface area contributed by atoms with E-state index in [1.807, 2.05) is 30.3 Å². The summed E-state index contributed by atoms with van der Waals surface area (Å²) in [5.41, 5.74) is 1.11. The van der Waals surface area contributed by atoms with Gasteiger partial charge in [0.2, 0.25) is 0 Å². The van der Waals surface area contributed by atoms with Crippen LogP contribution in [0.5, 0.6) is 0 Å². The summed E-state index contributed by atoms with van der Waals surface area (Å²) < 4.78 is 0. The lowest BCUT2D eigenvalue weighted by atomic mass is 9.93. The minimum Gasteiger partial charge on any atom is -0.394 e. The number of likely N-dealkylation sites (tertiary alicyclic amines) is 1. The van der Waals surface area contributed by atoms with Crippen LogP contribution in [0.25, 0.3) is 0 Å². The zero-order chi connectivity index (χ0) is 15.9. The normalized spacial score (nSPS) is 20.7. The minimum atomic E-state index is -0.418. The molecule has 5 nitrogen and oxygen atoms in total. The van der Waals surface area contributed by atoms with Gasteiger partial charge in [0.25, 0.3) is 0 Å². The molecule has 1 aliphatic rings. The minimum absolute atomic E-state index is 0.0171. The predicted octanol–water partition coefficient (Wildman–Crippen LogP) is 1.71. The molecule has 0 aromatic heterocycles. The van der Waals surface area contributed by atoms with Gasteiger partial charge in [-0.25, -0.2) is 4.79 Å². The molecule has 3 atom stereocenters. The molecule has 1 heterocycles. The van der Waals surface area contributed by atoms with Gasteiger partial charge < -0.3 is 20.4 Å². The SMILES string of the molecule is C[C@@H](O)C[C@@H](CNC(=O)N1CCC[C@@H]1CO)c1ccccc1. The second kappa shape index (κ2) is 8.15. The van der Waals surface area contributed by atoms with Crippen molar-refractivity contribution in [2.24, 2.45) is 0 Å². The van der Waals surface area contributed by atoms with Gasteiger partial charge in [0.15, 0.2) is 0 Å². The van der Waals surface area contributed by atoms with Crippen LogP contribution in [-0.2, 0) is 0 Å². The number of nitrogens with zero attached hydrogens (tertiary/aromatic N) is 1. The van der Waals surface area contributed by atoms with Crippen molar-refractivity contribution in [2.75, 3.05) is 19.7 Å². The van der Waals surface area contributed by atoms with E-state index in [-0.39, 0.29) is 24.6 Å².